The molecule has 0 heterocycles. The van der Waals surface area contributed by atoms with Crippen molar-refractivity contribution in [2.24, 2.45) is 0 Å². The number of aliphatic carboxylic acids is 1. The highest BCUT2D eigenvalue weighted by Gasteiger charge is 2.27. The molecule has 1 atom stereocenters. The van der Waals surface area contributed by atoms with E-state index in [2.05, 4.69) is 4.72 Å². The number of rotatable bonds is 7. The van der Waals surface area contributed by atoms with E-state index in [9.17, 15) is 13.2 Å². The number of carbonyl (C=O) groups is 1. The number of aliphatic hydroxyl groups is 1. The summed E-state index contributed by atoms with van der Waals surface area (Å²) >= 11 is 0. The standard InChI is InChI=1S/C13H19NO6S/c1-8-6-10(20-3)7-9(2)12(8)21(18,19)14-11(4-5-15)13(16)17/h6-7,11,14-15H,4-5H2,1-3H3,(H,16,17)/t11-/m1/s1. The van der Waals surface area contributed by atoms with Crippen molar-refractivity contribution in [3.05, 3.63) is 23.3 Å². The van der Waals surface area contributed by atoms with Crippen LogP contribution >= 0.6 is 0 Å². The highest BCUT2D eigenvalue weighted by atomic mass is 32.2. The molecule has 3 N–H and O–H groups in total. The molecule has 8 heteroatoms. The van der Waals surface area contributed by atoms with Crippen molar-refractivity contribution in [3.63, 3.8) is 0 Å². The van der Waals surface area contributed by atoms with Crippen molar-refractivity contribution in [2.45, 2.75) is 31.2 Å². The Kier molecular flexibility index (Phi) is 5.70. The quantitative estimate of drug-likeness (QED) is 0.672. The minimum absolute atomic E-state index is 0.0208. The van der Waals surface area contributed by atoms with E-state index >= 15 is 0 Å². The summed E-state index contributed by atoms with van der Waals surface area (Å²) in [6.45, 7) is 2.78. The van der Waals surface area contributed by atoms with Crippen LogP contribution in [0, 0.1) is 13.8 Å². The summed E-state index contributed by atoms with van der Waals surface area (Å²) in [5.74, 6) is -0.814. The zero-order valence-electron chi connectivity index (χ0n) is 12.1. The van der Waals surface area contributed by atoms with E-state index in [1.54, 1.807) is 26.0 Å². The molecular formula is C13H19NO6S. The summed E-state index contributed by atoms with van der Waals surface area (Å²) < 4.78 is 31.9. The van der Waals surface area contributed by atoms with Crippen molar-refractivity contribution in [1.82, 2.24) is 4.72 Å². The predicted molar refractivity (Wildman–Crippen MR) is 75.9 cm³/mol. The van der Waals surface area contributed by atoms with Gasteiger partial charge in [0.15, 0.2) is 0 Å². The molecule has 0 unspecified atom stereocenters. The molecule has 0 fully saturated rings. The van der Waals surface area contributed by atoms with Gasteiger partial charge in [0.1, 0.15) is 11.8 Å². The Morgan fingerprint density at radius 1 is 1.33 bits per heavy atom. The Bertz CT molecular complexity index is 603. The fourth-order valence-corrected chi connectivity index (χ4v) is 3.74. The number of benzene rings is 1. The molecule has 0 saturated heterocycles. The molecule has 21 heavy (non-hydrogen) atoms. The molecule has 7 nitrogen and oxygen atoms in total. The van der Waals surface area contributed by atoms with Crippen LogP contribution in [0.5, 0.6) is 5.75 Å². The first-order valence-corrected chi connectivity index (χ1v) is 7.72. The lowest BCUT2D eigenvalue weighted by Gasteiger charge is -2.17. The number of hydrogen-bond acceptors (Lipinski definition) is 5. The molecule has 0 aliphatic heterocycles. The van der Waals surface area contributed by atoms with Gasteiger partial charge in [-0.1, -0.05) is 0 Å². The Labute approximate surface area is 123 Å². The Balaban J connectivity index is 3.22. The van der Waals surface area contributed by atoms with Crippen LogP contribution in [-0.2, 0) is 14.8 Å². The summed E-state index contributed by atoms with van der Waals surface area (Å²) in [4.78, 5) is 11.0. The fourth-order valence-electron chi connectivity index (χ4n) is 2.06. The van der Waals surface area contributed by atoms with E-state index in [-0.39, 0.29) is 11.3 Å². The third kappa shape index (κ3) is 4.16. The molecule has 0 aliphatic carbocycles. The lowest BCUT2D eigenvalue weighted by molar-refractivity contribution is -0.139. The maximum absolute atomic E-state index is 12.4. The van der Waals surface area contributed by atoms with Gasteiger partial charge >= 0.3 is 5.97 Å². The molecule has 0 bridgehead atoms. The van der Waals surface area contributed by atoms with Gasteiger partial charge in [-0.15, -0.1) is 0 Å². The number of nitrogens with one attached hydrogen (secondary N) is 1. The molecule has 0 saturated carbocycles. The molecule has 0 aliphatic rings. The molecule has 1 aromatic rings. The Morgan fingerprint density at radius 2 is 1.86 bits per heavy atom. The summed E-state index contributed by atoms with van der Waals surface area (Å²) in [5.41, 5.74) is 0.903. The number of ether oxygens (including phenoxy) is 1. The zero-order valence-corrected chi connectivity index (χ0v) is 12.9. The number of aliphatic hydroxyl groups excluding tert-OH is 1. The second-order valence-electron chi connectivity index (χ2n) is 4.61. The number of methoxy groups -OCH3 is 1. The predicted octanol–water partition coefficient (Wildman–Crippen LogP) is 0.426. The minimum Gasteiger partial charge on any atom is -0.497 e. The van der Waals surface area contributed by atoms with Gasteiger partial charge in [0.05, 0.1) is 12.0 Å². The second kappa shape index (κ2) is 6.88. The monoisotopic (exact) mass is 317 g/mol. The van der Waals surface area contributed by atoms with Gasteiger partial charge in [-0.25, -0.2) is 8.42 Å². The van der Waals surface area contributed by atoms with E-state index in [0.717, 1.165) is 0 Å². The Hall–Kier alpha value is -1.64. The average molecular weight is 317 g/mol. The van der Waals surface area contributed by atoms with Gasteiger partial charge in [0, 0.05) is 6.61 Å². The fraction of sp³-hybridized carbons (Fsp3) is 0.462. The van der Waals surface area contributed by atoms with Gasteiger partial charge in [-0.3, -0.25) is 4.79 Å². The smallest absolute Gasteiger partial charge is 0.321 e. The van der Waals surface area contributed by atoms with Gasteiger partial charge in [0.25, 0.3) is 0 Å². The molecule has 1 rings (SSSR count). The summed E-state index contributed by atoms with van der Waals surface area (Å²) in [7, 11) is -2.54. The van der Waals surface area contributed by atoms with Crippen molar-refractivity contribution in [2.75, 3.05) is 13.7 Å². The number of carboxylic acid groups (broad SMARTS) is 1. The minimum atomic E-state index is -4.01. The van der Waals surface area contributed by atoms with Crippen molar-refractivity contribution in [3.8, 4) is 5.75 Å². The van der Waals surface area contributed by atoms with Crippen LogP contribution in [0.1, 0.15) is 17.5 Å². The first-order valence-electron chi connectivity index (χ1n) is 6.24. The van der Waals surface area contributed by atoms with E-state index in [0.29, 0.717) is 16.9 Å². The zero-order chi connectivity index (χ0) is 16.2. The summed E-state index contributed by atoms with van der Waals surface area (Å²) in [6.07, 6.45) is -0.206. The molecule has 0 aromatic heterocycles. The maximum atomic E-state index is 12.4. The topological polar surface area (TPSA) is 113 Å². The van der Waals surface area contributed by atoms with E-state index in [1.165, 1.54) is 7.11 Å². The van der Waals surface area contributed by atoms with Crippen molar-refractivity contribution < 1.29 is 28.2 Å². The van der Waals surface area contributed by atoms with Crippen LogP contribution in [0.3, 0.4) is 0 Å². The number of carboxylic acids is 1. The molecule has 1 aromatic carbocycles. The van der Waals surface area contributed by atoms with E-state index in [4.69, 9.17) is 14.9 Å². The molecule has 0 radical (unpaired) electrons. The van der Waals surface area contributed by atoms with Gasteiger partial charge < -0.3 is 14.9 Å². The molecule has 0 amide bonds. The van der Waals surface area contributed by atoms with Crippen molar-refractivity contribution in [1.29, 1.82) is 0 Å². The molecule has 0 spiro atoms. The second-order valence-corrected chi connectivity index (χ2v) is 6.27. The van der Waals surface area contributed by atoms with Crippen LogP contribution in [0.4, 0.5) is 0 Å². The van der Waals surface area contributed by atoms with Crippen LogP contribution in [-0.4, -0.2) is 44.4 Å². The van der Waals surface area contributed by atoms with Crippen molar-refractivity contribution >= 4 is 16.0 Å². The highest BCUT2D eigenvalue weighted by Crippen LogP contribution is 2.25. The van der Waals surface area contributed by atoms with Crippen LogP contribution in [0.2, 0.25) is 0 Å². The SMILES string of the molecule is COc1cc(C)c(S(=O)(=O)N[C@H](CCO)C(=O)O)c(C)c1. The third-order valence-corrected chi connectivity index (χ3v) is 4.73. The van der Waals surface area contributed by atoms with Gasteiger partial charge in [0.2, 0.25) is 10.0 Å². The van der Waals surface area contributed by atoms with Crippen LogP contribution < -0.4 is 9.46 Å². The lowest BCUT2D eigenvalue weighted by atomic mass is 10.1. The van der Waals surface area contributed by atoms with E-state index in [1.807, 2.05) is 0 Å². The lowest BCUT2D eigenvalue weighted by Crippen LogP contribution is -2.41. The average Bonchev–Trinajstić information content (AvgIpc) is 2.36. The first-order chi connectivity index (χ1) is 9.72. The normalized spacial score (nSPS) is 13.0. The maximum Gasteiger partial charge on any atom is 0.321 e. The number of hydrogen-bond donors (Lipinski definition) is 3. The largest absolute Gasteiger partial charge is 0.497 e. The molecule has 118 valence electrons. The number of aryl methyl sites for hydroxylation is 2. The number of sulfonamides is 1. The van der Waals surface area contributed by atoms with E-state index < -0.39 is 28.6 Å². The summed E-state index contributed by atoms with van der Waals surface area (Å²) in [6, 6.07) is 1.74. The Morgan fingerprint density at radius 3 is 2.24 bits per heavy atom. The highest BCUT2D eigenvalue weighted by molar-refractivity contribution is 7.89. The van der Waals surface area contributed by atoms with Crippen LogP contribution in [0.15, 0.2) is 17.0 Å². The van der Waals surface area contributed by atoms with Gasteiger partial charge in [-0.2, -0.15) is 4.72 Å². The molecular weight excluding hydrogens is 298 g/mol. The van der Waals surface area contributed by atoms with Gasteiger partial charge in [-0.05, 0) is 43.5 Å². The summed E-state index contributed by atoms with van der Waals surface area (Å²) in [5, 5.41) is 17.8. The van der Waals surface area contributed by atoms with Crippen LogP contribution in [0.25, 0.3) is 0 Å². The third-order valence-electron chi connectivity index (χ3n) is 2.95. The first kappa shape index (κ1) is 17.4.